The van der Waals surface area contributed by atoms with Gasteiger partial charge in [0.1, 0.15) is 5.75 Å². The molecule has 1 aromatic rings. The molecule has 5 heteroatoms. The van der Waals surface area contributed by atoms with E-state index in [2.05, 4.69) is 26.5 Å². The normalized spacial score (nSPS) is 34.0. The molecule has 4 saturated carbocycles. The van der Waals surface area contributed by atoms with Crippen LogP contribution in [0.15, 0.2) is 27.8 Å². The van der Waals surface area contributed by atoms with Gasteiger partial charge in [-0.15, -0.1) is 0 Å². The Kier molecular flexibility index (Phi) is 4.15. The number of hydrazone groups is 1. The molecule has 4 aliphatic carbocycles. The van der Waals surface area contributed by atoms with E-state index in [1.54, 1.807) is 18.2 Å². The zero-order valence-electron chi connectivity index (χ0n) is 13.7. The second-order valence-electron chi connectivity index (χ2n) is 8.09. The SMILES string of the molecule is O=C(CC12CC3CC(CC(C3)C1)C2)N/N=C\c1cc(Br)ccc1O. The van der Waals surface area contributed by atoms with Gasteiger partial charge in [-0.2, -0.15) is 5.10 Å². The van der Waals surface area contributed by atoms with Gasteiger partial charge in [0.05, 0.1) is 6.21 Å². The van der Waals surface area contributed by atoms with E-state index in [4.69, 9.17) is 0 Å². The van der Waals surface area contributed by atoms with E-state index in [1.807, 2.05) is 0 Å². The van der Waals surface area contributed by atoms with Gasteiger partial charge >= 0.3 is 0 Å². The lowest BCUT2D eigenvalue weighted by atomic mass is 9.49. The number of amides is 1. The van der Waals surface area contributed by atoms with Crippen molar-refractivity contribution < 1.29 is 9.90 Å². The second-order valence-corrected chi connectivity index (χ2v) is 9.01. The molecule has 5 rings (SSSR count). The highest BCUT2D eigenvalue weighted by Crippen LogP contribution is 2.61. The van der Waals surface area contributed by atoms with Gasteiger partial charge in [-0.25, -0.2) is 5.43 Å². The first kappa shape index (κ1) is 16.1. The molecule has 0 aliphatic heterocycles. The second kappa shape index (κ2) is 6.17. The molecule has 0 radical (unpaired) electrons. The van der Waals surface area contributed by atoms with Crippen LogP contribution in [-0.4, -0.2) is 17.2 Å². The van der Waals surface area contributed by atoms with E-state index in [0.717, 1.165) is 22.2 Å². The van der Waals surface area contributed by atoms with E-state index in [1.165, 1.54) is 44.7 Å². The first-order valence-electron chi connectivity index (χ1n) is 8.82. The smallest absolute Gasteiger partial charge is 0.240 e. The quantitative estimate of drug-likeness (QED) is 0.597. The first-order valence-corrected chi connectivity index (χ1v) is 9.61. The summed E-state index contributed by atoms with van der Waals surface area (Å²) in [6, 6.07) is 5.13. The van der Waals surface area contributed by atoms with Crippen LogP contribution in [0.3, 0.4) is 0 Å². The summed E-state index contributed by atoms with van der Waals surface area (Å²) in [5.41, 5.74) is 3.47. The maximum Gasteiger partial charge on any atom is 0.240 e. The van der Waals surface area contributed by atoms with Crippen LogP contribution in [0.4, 0.5) is 0 Å². The van der Waals surface area contributed by atoms with Crippen LogP contribution in [0.2, 0.25) is 0 Å². The van der Waals surface area contributed by atoms with Gasteiger partial charge in [-0.05, 0) is 79.9 Å². The lowest BCUT2D eigenvalue weighted by Gasteiger charge is -2.56. The number of phenols is 1. The molecule has 0 spiro atoms. The van der Waals surface area contributed by atoms with E-state index in [9.17, 15) is 9.90 Å². The minimum absolute atomic E-state index is 0.00249. The van der Waals surface area contributed by atoms with E-state index in [-0.39, 0.29) is 17.1 Å². The molecule has 24 heavy (non-hydrogen) atoms. The van der Waals surface area contributed by atoms with Crippen LogP contribution >= 0.6 is 15.9 Å². The number of aromatic hydroxyl groups is 1. The average molecular weight is 391 g/mol. The maximum absolute atomic E-state index is 12.4. The summed E-state index contributed by atoms with van der Waals surface area (Å²) in [6.07, 6.45) is 9.94. The Balaban J connectivity index is 1.37. The van der Waals surface area contributed by atoms with Gasteiger partial charge in [-0.3, -0.25) is 4.79 Å². The highest BCUT2D eigenvalue weighted by atomic mass is 79.9. The van der Waals surface area contributed by atoms with Crippen LogP contribution in [0.1, 0.15) is 50.5 Å². The minimum atomic E-state index is 0.00249. The molecule has 1 amide bonds. The van der Waals surface area contributed by atoms with Crippen LogP contribution in [-0.2, 0) is 4.79 Å². The number of carbonyl (C=O) groups is 1. The minimum Gasteiger partial charge on any atom is -0.507 e. The number of nitrogens with zero attached hydrogens (tertiary/aromatic N) is 1. The fourth-order valence-corrected chi connectivity index (χ4v) is 6.07. The van der Waals surface area contributed by atoms with Crippen molar-refractivity contribution in [3.05, 3.63) is 28.2 Å². The van der Waals surface area contributed by atoms with E-state index < -0.39 is 0 Å². The lowest BCUT2D eigenvalue weighted by Crippen LogP contribution is -2.47. The van der Waals surface area contributed by atoms with Crippen LogP contribution in [0, 0.1) is 23.2 Å². The van der Waals surface area contributed by atoms with E-state index >= 15 is 0 Å². The van der Waals surface area contributed by atoms with Crippen LogP contribution in [0.5, 0.6) is 5.75 Å². The Morgan fingerprint density at radius 3 is 2.50 bits per heavy atom. The number of rotatable bonds is 4. The van der Waals surface area contributed by atoms with Crippen molar-refractivity contribution in [2.24, 2.45) is 28.3 Å². The molecule has 4 nitrogen and oxygen atoms in total. The molecule has 0 aromatic heterocycles. The summed E-state index contributed by atoms with van der Waals surface area (Å²) in [7, 11) is 0. The summed E-state index contributed by atoms with van der Waals surface area (Å²) in [5.74, 6) is 2.71. The zero-order chi connectivity index (χ0) is 16.7. The molecular weight excluding hydrogens is 368 g/mol. The standard InChI is InChI=1S/C19H23BrN2O2/c20-16-1-2-17(23)15(6-16)11-21-22-18(24)10-19-7-12-3-13(8-19)5-14(4-12)9-19/h1-2,6,11-14,23H,3-5,7-10H2,(H,22,24)/b21-11-. The van der Waals surface area contributed by atoms with Crippen molar-refractivity contribution in [2.45, 2.75) is 44.9 Å². The number of hydrogen-bond acceptors (Lipinski definition) is 3. The number of benzene rings is 1. The van der Waals surface area contributed by atoms with Gasteiger partial charge in [-0.1, -0.05) is 15.9 Å². The van der Waals surface area contributed by atoms with Crippen LogP contribution < -0.4 is 5.43 Å². The molecule has 4 aliphatic rings. The zero-order valence-corrected chi connectivity index (χ0v) is 15.3. The largest absolute Gasteiger partial charge is 0.507 e. The summed E-state index contributed by atoms with van der Waals surface area (Å²) >= 11 is 3.36. The summed E-state index contributed by atoms with van der Waals surface area (Å²) in [4.78, 5) is 12.4. The third-order valence-electron chi connectivity index (χ3n) is 6.08. The average Bonchev–Trinajstić information content (AvgIpc) is 2.48. The molecule has 4 fully saturated rings. The molecule has 0 atom stereocenters. The monoisotopic (exact) mass is 390 g/mol. The van der Waals surface area contributed by atoms with Crippen molar-refractivity contribution >= 4 is 28.1 Å². The van der Waals surface area contributed by atoms with Gasteiger partial charge in [0.25, 0.3) is 0 Å². The highest BCUT2D eigenvalue weighted by Gasteiger charge is 2.51. The van der Waals surface area contributed by atoms with Crippen molar-refractivity contribution in [2.75, 3.05) is 0 Å². The van der Waals surface area contributed by atoms with E-state index in [0.29, 0.717) is 12.0 Å². The first-order chi connectivity index (χ1) is 11.5. The Hall–Kier alpha value is -1.36. The fraction of sp³-hybridized carbons (Fsp3) is 0.579. The molecule has 0 saturated heterocycles. The molecule has 128 valence electrons. The number of phenolic OH excluding ortho intramolecular Hbond substituents is 1. The fourth-order valence-electron chi connectivity index (χ4n) is 5.69. The van der Waals surface area contributed by atoms with Crippen molar-refractivity contribution in [3.8, 4) is 5.75 Å². The summed E-state index contributed by atoms with van der Waals surface area (Å²) < 4.78 is 0.863. The number of hydrogen-bond donors (Lipinski definition) is 2. The summed E-state index contributed by atoms with van der Waals surface area (Å²) in [5, 5.41) is 13.8. The van der Waals surface area contributed by atoms with Gasteiger partial charge in [0.2, 0.25) is 5.91 Å². The summed E-state index contributed by atoms with van der Waals surface area (Å²) in [6.45, 7) is 0. The highest BCUT2D eigenvalue weighted by molar-refractivity contribution is 9.10. The van der Waals surface area contributed by atoms with Gasteiger partial charge < -0.3 is 5.11 Å². The van der Waals surface area contributed by atoms with Gasteiger partial charge in [0, 0.05) is 16.5 Å². The third kappa shape index (κ3) is 3.23. The molecule has 2 N–H and O–H groups in total. The lowest BCUT2D eigenvalue weighted by molar-refractivity contribution is -0.129. The third-order valence-corrected chi connectivity index (χ3v) is 6.58. The Morgan fingerprint density at radius 1 is 1.25 bits per heavy atom. The Labute approximate surface area is 150 Å². The predicted octanol–water partition coefficient (Wildman–Crippen LogP) is 4.21. The maximum atomic E-state index is 12.4. The predicted molar refractivity (Wildman–Crippen MR) is 96.8 cm³/mol. The molecule has 0 unspecified atom stereocenters. The Morgan fingerprint density at radius 2 is 1.88 bits per heavy atom. The Bertz CT molecular complexity index is 651. The number of carbonyl (C=O) groups excluding carboxylic acids is 1. The molecule has 0 heterocycles. The van der Waals surface area contributed by atoms with Crippen LogP contribution in [0.25, 0.3) is 0 Å². The molecule has 1 aromatic carbocycles. The number of nitrogens with one attached hydrogen (secondary N) is 1. The van der Waals surface area contributed by atoms with Crippen molar-refractivity contribution in [1.82, 2.24) is 5.43 Å². The number of halogens is 1. The molecule has 4 bridgehead atoms. The van der Waals surface area contributed by atoms with Gasteiger partial charge in [0.15, 0.2) is 0 Å². The van der Waals surface area contributed by atoms with Crippen molar-refractivity contribution in [1.29, 1.82) is 0 Å². The topological polar surface area (TPSA) is 61.7 Å². The van der Waals surface area contributed by atoms with Crippen molar-refractivity contribution in [3.63, 3.8) is 0 Å². The molecular formula is C19H23BrN2O2.